The van der Waals surface area contributed by atoms with E-state index in [9.17, 15) is 0 Å². The van der Waals surface area contributed by atoms with Crippen LogP contribution in [0.15, 0.2) is 42.0 Å². The average molecular weight is 355 g/mol. The molecule has 0 aliphatic carbocycles. The van der Waals surface area contributed by atoms with Gasteiger partial charge in [0.25, 0.3) is 0 Å². The van der Waals surface area contributed by atoms with Gasteiger partial charge in [0.2, 0.25) is 0 Å². The lowest BCUT2D eigenvalue weighted by atomic mass is 10.1. The van der Waals surface area contributed by atoms with E-state index in [2.05, 4.69) is 49.3 Å². The molecular formula is C18H21N5OS. The Kier molecular flexibility index (Phi) is 4.87. The lowest BCUT2D eigenvalue weighted by Crippen LogP contribution is -2.43. The molecule has 0 bridgehead atoms. The highest BCUT2D eigenvalue weighted by Gasteiger charge is 2.25. The quantitative estimate of drug-likeness (QED) is 0.701. The highest BCUT2D eigenvalue weighted by atomic mass is 32.1. The number of hydrogen-bond donors (Lipinski definition) is 0. The van der Waals surface area contributed by atoms with Crippen molar-refractivity contribution < 1.29 is 4.74 Å². The Hall–Kier alpha value is -2.09. The predicted molar refractivity (Wildman–Crippen MR) is 100 cm³/mol. The molecule has 1 saturated heterocycles. The van der Waals surface area contributed by atoms with Crippen molar-refractivity contribution in [2.24, 2.45) is 0 Å². The maximum absolute atomic E-state index is 5.53. The number of rotatable bonds is 5. The smallest absolute Gasteiger partial charge is 0.180 e. The summed E-state index contributed by atoms with van der Waals surface area (Å²) in [7, 11) is 2.09. The summed E-state index contributed by atoms with van der Waals surface area (Å²) in [4.78, 5) is 19.4. The summed E-state index contributed by atoms with van der Waals surface area (Å²) in [5.74, 6) is 0.919. The predicted octanol–water partition coefficient (Wildman–Crippen LogP) is 2.60. The minimum absolute atomic E-state index is 0.341. The first-order chi connectivity index (χ1) is 12.3. The third-order valence-corrected chi connectivity index (χ3v) is 5.49. The number of fused-ring (bicyclic) bond motifs is 1. The molecule has 0 spiro atoms. The number of aromatic nitrogens is 3. The molecule has 1 aliphatic rings. The van der Waals surface area contributed by atoms with Gasteiger partial charge in [-0.3, -0.25) is 9.88 Å². The molecule has 0 amide bonds. The third kappa shape index (κ3) is 3.63. The first kappa shape index (κ1) is 16.4. The third-order valence-electron chi connectivity index (χ3n) is 4.51. The number of thiophene rings is 1. The van der Waals surface area contributed by atoms with Crippen LogP contribution in [0.4, 0.5) is 5.82 Å². The van der Waals surface area contributed by atoms with Crippen molar-refractivity contribution in [1.29, 1.82) is 0 Å². The van der Waals surface area contributed by atoms with E-state index < -0.39 is 0 Å². The first-order valence-electron chi connectivity index (χ1n) is 8.45. The van der Waals surface area contributed by atoms with Crippen LogP contribution in [0, 0.1) is 0 Å². The van der Waals surface area contributed by atoms with E-state index in [4.69, 9.17) is 4.74 Å². The first-order valence-corrected chi connectivity index (χ1v) is 9.33. The number of pyridine rings is 1. The molecular weight excluding hydrogens is 334 g/mol. The SMILES string of the molecule is CN(CC(c1cccs1)N1CCOCC1)c1ccc2nccnc2n1. The van der Waals surface area contributed by atoms with Crippen LogP contribution in [-0.4, -0.2) is 59.7 Å². The molecule has 130 valence electrons. The van der Waals surface area contributed by atoms with E-state index in [0.717, 1.165) is 44.2 Å². The normalized spacial score (nSPS) is 16.8. The van der Waals surface area contributed by atoms with Crippen molar-refractivity contribution >= 4 is 28.3 Å². The molecule has 1 atom stereocenters. The van der Waals surface area contributed by atoms with Gasteiger partial charge in [-0.1, -0.05) is 6.07 Å². The zero-order chi connectivity index (χ0) is 17.1. The standard InChI is InChI=1S/C18H21N5OS/c1-22(17-5-4-14-18(21-17)20-7-6-19-14)13-15(16-3-2-12-25-16)23-8-10-24-11-9-23/h2-7,12,15H,8-11,13H2,1H3. The molecule has 1 unspecified atom stereocenters. The summed E-state index contributed by atoms with van der Waals surface area (Å²) in [6.45, 7) is 4.41. The van der Waals surface area contributed by atoms with Gasteiger partial charge in [0.05, 0.1) is 19.3 Å². The van der Waals surface area contributed by atoms with Crippen molar-refractivity contribution in [1.82, 2.24) is 19.9 Å². The largest absolute Gasteiger partial charge is 0.379 e. The maximum atomic E-state index is 5.53. The summed E-state index contributed by atoms with van der Waals surface area (Å²) in [5.41, 5.74) is 1.51. The van der Waals surface area contributed by atoms with Gasteiger partial charge in [0.1, 0.15) is 11.3 Å². The Bertz CT molecular complexity index is 819. The van der Waals surface area contributed by atoms with Gasteiger partial charge < -0.3 is 9.64 Å². The zero-order valence-electron chi connectivity index (χ0n) is 14.2. The minimum atomic E-state index is 0.341. The fraction of sp³-hybridized carbons (Fsp3) is 0.389. The van der Waals surface area contributed by atoms with Gasteiger partial charge in [-0.05, 0) is 23.6 Å². The molecule has 25 heavy (non-hydrogen) atoms. The van der Waals surface area contributed by atoms with Crippen LogP contribution in [0.5, 0.6) is 0 Å². The molecule has 0 aromatic carbocycles. The van der Waals surface area contributed by atoms with Crippen LogP contribution in [-0.2, 0) is 4.74 Å². The van der Waals surface area contributed by atoms with E-state index in [1.54, 1.807) is 12.4 Å². The van der Waals surface area contributed by atoms with E-state index in [1.165, 1.54) is 4.88 Å². The highest BCUT2D eigenvalue weighted by Crippen LogP contribution is 2.28. The lowest BCUT2D eigenvalue weighted by molar-refractivity contribution is 0.0183. The highest BCUT2D eigenvalue weighted by molar-refractivity contribution is 7.10. The Balaban J connectivity index is 1.57. The van der Waals surface area contributed by atoms with Crippen molar-refractivity contribution in [2.75, 3.05) is 44.8 Å². The van der Waals surface area contributed by atoms with E-state index in [1.807, 2.05) is 23.5 Å². The van der Waals surface area contributed by atoms with Gasteiger partial charge in [0, 0.05) is 44.0 Å². The number of ether oxygens (including phenoxy) is 1. The molecule has 1 aliphatic heterocycles. The molecule has 3 aromatic heterocycles. The average Bonchev–Trinajstić information content (AvgIpc) is 3.20. The van der Waals surface area contributed by atoms with Crippen molar-refractivity contribution in [3.05, 3.63) is 46.9 Å². The Morgan fingerprint density at radius 1 is 1.20 bits per heavy atom. The summed E-state index contributed by atoms with van der Waals surface area (Å²) >= 11 is 1.81. The van der Waals surface area contributed by atoms with E-state index >= 15 is 0 Å². The number of likely N-dealkylation sites (N-methyl/N-ethyl adjacent to an activating group) is 1. The molecule has 4 rings (SSSR count). The van der Waals surface area contributed by atoms with Crippen LogP contribution >= 0.6 is 11.3 Å². The molecule has 6 nitrogen and oxygen atoms in total. The minimum Gasteiger partial charge on any atom is -0.379 e. The Morgan fingerprint density at radius 3 is 2.84 bits per heavy atom. The molecule has 0 radical (unpaired) electrons. The second-order valence-corrected chi connectivity index (χ2v) is 7.11. The molecule has 0 N–H and O–H groups in total. The van der Waals surface area contributed by atoms with E-state index in [0.29, 0.717) is 11.7 Å². The van der Waals surface area contributed by atoms with Gasteiger partial charge in [-0.2, -0.15) is 0 Å². The summed E-state index contributed by atoms with van der Waals surface area (Å²) in [5, 5.41) is 2.15. The fourth-order valence-corrected chi connectivity index (χ4v) is 4.02. The summed E-state index contributed by atoms with van der Waals surface area (Å²) in [6.07, 6.45) is 3.37. The summed E-state index contributed by atoms with van der Waals surface area (Å²) < 4.78 is 5.53. The van der Waals surface area contributed by atoms with E-state index in [-0.39, 0.29) is 0 Å². The number of nitrogens with zero attached hydrogens (tertiary/aromatic N) is 5. The molecule has 0 saturated carbocycles. The molecule has 1 fully saturated rings. The Morgan fingerprint density at radius 2 is 2.04 bits per heavy atom. The van der Waals surface area contributed by atoms with Gasteiger partial charge >= 0.3 is 0 Å². The number of hydrogen-bond acceptors (Lipinski definition) is 7. The van der Waals surface area contributed by atoms with Gasteiger partial charge in [-0.25, -0.2) is 9.97 Å². The van der Waals surface area contributed by atoms with Crippen LogP contribution in [0.25, 0.3) is 11.2 Å². The molecule has 4 heterocycles. The number of anilines is 1. The fourth-order valence-electron chi connectivity index (χ4n) is 3.17. The summed E-state index contributed by atoms with van der Waals surface area (Å²) in [6, 6.07) is 8.68. The maximum Gasteiger partial charge on any atom is 0.180 e. The monoisotopic (exact) mass is 355 g/mol. The van der Waals surface area contributed by atoms with Crippen LogP contribution < -0.4 is 4.90 Å². The topological polar surface area (TPSA) is 54.4 Å². The van der Waals surface area contributed by atoms with Crippen molar-refractivity contribution in [3.8, 4) is 0 Å². The van der Waals surface area contributed by atoms with Crippen molar-refractivity contribution in [3.63, 3.8) is 0 Å². The van der Waals surface area contributed by atoms with Crippen LogP contribution in [0.1, 0.15) is 10.9 Å². The second kappa shape index (κ2) is 7.43. The molecule has 3 aromatic rings. The zero-order valence-corrected chi connectivity index (χ0v) is 15.0. The van der Waals surface area contributed by atoms with Crippen LogP contribution in [0.2, 0.25) is 0 Å². The molecule has 7 heteroatoms. The Labute approximate surface area is 151 Å². The second-order valence-electron chi connectivity index (χ2n) is 6.13. The van der Waals surface area contributed by atoms with Crippen LogP contribution in [0.3, 0.4) is 0 Å². The number of morpholine rings is 1. The van der Waals surface area contributed by atoms with Gasteiger partial charge in [-0.15, -0.1) is 11.3 Å². The van der Waals surface area contributed by atoms with Gasteiger partial charge in [0.15, 0.2) is 5.65 Å². The lowest BCUT2D eigenvalue weighted by Gasteiger charge is -2.36. The van der Waals surface area contributed by atoms with Crippen molar-refractivity contribution in [2.45, 2.75) is 6.04 Å².